The summed E-state index contributed by atoms with van der Waals surface area (Å²) in [5.74, 6) is -0.433. The Hall–Kier alpha value is -1.18. The minimum atomic E-state index is -0.561. The highest BCUT2D eigenvalue weighted by Crippen LogP contribution is 2.23. The molecule has 1 aromatic rings. The SMILES string of the molecule is CCCNCCNC(=O)c1ccc(Br)cc1[N+](=O)[O-].Cl. The number of carbonyl (C=O) groups excluding carboxylic acids is 1. The molecule has 0 fully saturated rings. The fraction of sp³-hybridized carbons (Fsp3) is 0.417. The van der Waals surface area contributed by atoms with Gasteiger partial charge in [-0.2, -0.15) is 0 Å². The molecule has 0 unspecified atom stereocenters. The molecule has 0 atom stereocenters. The first kappa shape index (κ1) is 18.8. The summed E-state index contributed by atoms with van der Waals surface area (Å²) in [5, 5.41) is 16.7. The van der Waals surface area contributed by atoms with Crippen LogP contribution in [0.15, 0.2) is 22.7 Å². The minimum absolute atomic E-state index is 0. The maximum Gasteiger partial charge on any atom is 0.283 e. The molecule has 1 rings (SSSR count). The molecule has 0 radical (unpaired) electrons. The smallest absolute Gasteiger partial charge is 0.283 e. The average molecular weight is 367 g/mol. The highest BCUT2D eigenvalue weighted by atomic mass is 79.9. The molecule has 1 aromatic carbocycles. The Morgan fingerprint density at radius 1 is 1.35 bits per heavy atom. The van der Waals surface area contributed by atoms with Crippen LogP contribution in [0.25, 0.3) is 0 Å². The van der Waals surface area contributed by atoms with Crippen LogP contribution in [0.5, 0.6) is 0 Å². The van der Waals surface area contributed by atoms with Crippen LogP contribution in [0.3, 0.4) is 0 Å². The standard InChI is InChI=1S/C12H16BrN3O3.ClH/c1-2-5-14-6-7-15-12(17)10-4-3-9(13)8-11(10)16(18)19;/h3-4,8,14H,2,5-7H2,1H3,(H,15,17);1H. The number of nitro benzene ring substituents is 1. The van der Waals surface area contributed by atoms with Crippen molar-refractivity contribution in [1.82, 2.24) is 10.6 Å². The number of nitrogens with zero attached hydrogens (tertiary/aromatic N) is 1. The molecular formula is C12H17BrClN3O3. The lowest BCUT2D eigenvalue weighted by molar-refractivity contribution is -0.385. The third-order valence-corrected chi connectivity index (χ3v) is 2.91. The van der Waals surface area contributed by atoms with E-state index in [2.05, 4.69) is 33.5 Å². The molecule has 0 aromatic heterocycles. The molecule has 0 aliphatic rings. The monoisotopic (exact) mass is 365 g/mol. The number of hydrogen-bond acceptors (Lipinski definition) is 4. The van der Waals surface area contributed by atoms with Crippen LogP contribution in [0.1, 0.15) is 23.7 Å². The summed E-state index contributed by atoms with van der Waals surface area (Å²) >= 11 is 3.15. The fourth-order valence-electron chi connectivity index (χ4n) is 1.51. The molecule has 0 saturated heterocycles. The van der Waals surface area contributed by atoms with Crippen molar-refractivity contribution in [2.45, 2.75) is 13.3 Å². The Morgan fingerprint density at radius 3 is 2.65 bits per heavy atom. The normalized spacial score (nSPS) is 9.70. The van der Waals surface area contributed by atoms with E-state index in [1.807, 2.05) is 0 Å². The molecule has 112 valence electrons. The molecule has 0 heterocycles. The molecule has 0 saturated carbocycles. The summed E-state index contributed by atoms with van der Waals surface area (Å²) in [5.41, 5.74) is -0.128. The van der Waals surface area contributed by atoms with Crippen molar-refractivity contribution in [3.8, 4) is 0 Å². The van der Waals surface area contributed by atoms with Crippen molar-refractivity contribution in [3.63, 3.8) is 0 Å². The quantitative estimate of drug-likeness (QED) is 0.441. The molecule has 8 heteroatoms. The van der Waals surface area contributed by atoms with E-state index in [1.165, 1.54) is 12.1 Å². The molecule has 0 aliphatic carbocycles. The predicted molar refractivity (Wildman–Crippen MR) is 83.5 cm³/mol. The van der Waals surface area contributed by atoms with Crippen molar-refractivity contribution >= 4 is 39.9 Å². The molecule has 20 heavy (non-hydrogen) atoms. The Bertz CT molecular complexity index is 471. The first-order chi connectivity index (χ1) is 9.06. The van der Waals surface area contributed by atoms with Crippen molar-refractivity contribution in [3.05, 3.63) is 38.3 Å². The number of amides is 1. The van der Waals surface area contributed by atoms with Gasteiger partial charge in [-0.25, -0.2) is 0 Å². The van der Waals surface area contributed by atoms with E-state index in [1.54, 1.807) is 6.07 Å². The van der Waals surface area contributed by atoms with Gasteiger partial charge in [-0.1, -0.05) is 22.9 Å². The second kappa shape index (κ2) is 9.68. The summed E-state index contributed by atoms with van der Waals surface area (Å²) in [4.78, 5) is 22.2. The Morgan fingerprint density at radius 2 is 2.05 bits per heavy atom. The van der Waals surface area contributed by atoms with Gasteiger partial charge in [-0.3, -0.25) is 14.9 Å². The number of carbonyl (C=O) groups is 1. The first-order valence-electron chi connectivity index (χ1n) is 5.99. The summed E-state index contributed by atoms with van der Waals surface area (Å²) in [7, 11) is 0. The third kappa shape index (κ3) is 5.85. The maximum absolute atomic E-state index is 11.9. The number of halogens is 2. The zero-order chi connectivity index (χ0) is 14.3. The van der Waals surface area contributed by atoms with E-state index in [0.717, 1.165) is 13.0 Å². The highest BCUT2D eigenvalue weighted by Gasteiger charge is 2.19. The number of benzene rings is 1. The molecule has 0 bridgehead atoms. The van der Waals surface area contributed by atoms with Crippen LogP contribution in [0.4, 0.5) is 5.69 Å². The van der Waals surface area contributed by atoms with Gasteiger partial charge < -0.3 is 10.6 Å². The highest BCUT2D eigenvalue weighted by molar-refractivity contribution is 9.10. The molecule has 0 aliphatic heterocycles. The largest absolute Gasteiger partial charge is 0.351 e. The van der Waals surface area contributed by atoms with Gasteiger partial charge in [0.2, 0.25) is 0 Å². The summed E-state index contributed by atoms with van der Waals surface area (Å²) < 4.78 is 0.570. The molecule has 6 nitrogen and oxygen atoms in total. The van der Waals surface area contributed by atoms with Crippen LogP contribution < -0.4 is 10.6 Å². The van der Waals surface area contributed by atoms with E-state index in [4.69, 9.17) is 0 Å². The zero-order valence-electron chi connectivity index (χ0n) is 11.0. The minimum Gasteiger partial charge on any atom is -0.351 e. The molecular weight excluding hydrogens is 350 g/mol. The lowest BCUT2D eigenvalue weighted by Gasteiger charge is -2.06. The van der Waals surface area contributed by atoms with Crippen molar-refractivity contribution < 1.29 is 9.72 Å². The van der Waals surface area contributed by atoms with Crippen molar-refractivity contribution in [2.24, 2.45) is 0 Å². The second-order valence-corrected chi connectivity index (χ2v) is 4.84. The Labute approximate surface area is 132 Å². The van der Waals surface area contributed by atoms with Crippen molar-refractivity contribution in [1.29, 1.82) is 0 Å². The van der Waals surface area contributed by atoms with Crippen LogP contribution in [-0.2, 0) is 0 Å². The summed E-state index contributed by atoms with van der Waals surface area (Å²) in [6.07, 6.45) is 1.02. The fourth-order valence-corrected chi connectivity index (χ4v) is 1.86. The topological polar surface area (TPSA) is 84.3 Å². The van der Waals surface area contributed by atoms with Crippen LogP contribution in [0.2, 0.25) is 0 Å². The lowest BCUT2D eigenvalue weighted by atomic mass is 10.1. The van der Waals surface area contributed by atoms with Gasteiger partial charge in [-0.15, -0.1) is 12.4 Å². The van der Waals surface area contributed by atoms with E-state index < -0.39 is 10.8 Å². The predicted octanol–water partition coefficient (Wildman–Crippen LogP) is 2.51. The van der Waals surface area contributed by atoms with Crippen LogP contribution in [-0.4, -0.2) is 30.5 Å². The van der Waals surface area contributed by atoms with E-state index in [-0.39, 0.29) is 23.7 Å². The third-order valence-electron chi connectivity index (χ3n) is 2.42. The zero-order valence-corrected chi connectivity index (χ0v) is 13.4. The molecule has 2 N–H and O–H groups in total. The van der Waals surface area contributed by atoms with Gasteiger partial charge in [0.05, 0.1) is 4.92 Å². The number of nitrogens with one attached hydrogen (secondary N) is 2. The van der Waals surface area contributed by atoms with E-state index in [9.17, 15) is 14.9 Å². The van der Waals surface area contributed by atoms with Gasteiger partial charge in [0.15, 0.2) is 0 Å². The maximum atomic E-state index is 11.9. The van der Waals surface area contributed by atoms with Crippen LogP contribution in [0, 0.1) is 10.1 Å². The molecule has 0 spiro atoms. The number of rotatable bonds is 7. The van der Waals surface area contributed by atoms with Gasteiger partial charge in [0.25, 0.3) is 11.6 Å². The summed E-state index contributed by atoms with van der Waals surface area (Å²) in [6.45, 7) is 4.01. The van der Waals surface area contributed by atoms with Gasteiger partial charge in [0, 0.05) is 23.6 Å². The van der Waals surface area contributed by atoms with Gasteiger partial charge in [0.1, 0.15) is 5.56 Å². The number of nitro groups is 1. The molecule has 1 amide bonds. The first-order valence-corrected chi connectivity index (χ1v) is 6.78. The van der Waals surface area contributed by atoms with Gasteiger partial charge >= 0.3 is 0 Å². The number of hydrogen-bond donors (Lipinski definition) is 2. The average Bonchev–Trinajstić information content (AvgIpc) is 2.38. The summed E-state index contributed by atoms with van der Waals surface area (Å²) in [6, 6.07) is 4.37. The second-order valence-electron chi connectivity index (χ2n) is 3.92. The van der Waals surface area contributed by atoms with Crippen molar-refractivity contribution in [2.75, 3.05) is 19.6 Å². The van der Waals surface area contributed by atoms with Crippen LogP contribution >= 0.6 is 28.3 Å². The lowest BCUT2D eigenvalue weighted by Crippen LogP contribution is -2.32. The van der Waals surface area contributed by atoms with E-state index >= 15 is 0 Å². The Kier molecular flexibility index (Phi) is 9.11. The van der Waals surface area contributed by atoms with E-state index in [0.29, 0.717) is 17.6 Å². The van der Waals surface area contributed by atoms with Gasteiger partial charge in [-0.05, 0) is 25.1 Å². The Balaban J connectivity index is 0.00000361.